The number of rotatable bonds is 13. The highest BCUT2D eigenvalue weighted by atomic mass is 16.5. The summed E-state index contributed by atoms with van der Waals surface area (Å²) in [5.41, 5.74) is 10.5. The van der Waals surface area contributed by atoms with Crippen LogP contribution >= 0.6 is 0 Å². The number of amides is 1. The van der Waals surface area contributed by atoms with Crippen molar-refractivity contribution >= 4 is 29.7 Å². The van der Waals surface area contributed by atoms with Gasteiger partial charge in [0.15, 0.2) is 29.2 Å². The molecule has 244 valence electrons. The zero-order valence-corrected chi connectivity index (χ0v) is 26.8. The lowest BCUT2D eigenvalue weighted by Crippen LogP contribution is -2.32. The first-order chi connectivity index (χ1) is 22.4. The molecule has 1 unspecified atom stereocenters. The minimum absolute atomic E-state index is 0.0361. The Kier molecular flexibility index (Phi) is 9.60. The third-order valence-electron chi connectivity index (χ3n) is 8.61. The second-order valence-electron chi connectivity index (χ2n) is 12.2. The number of methoxy groups -OCH3 is 1. The van der Waals surface area contributed by atoms with E-state index in [1.165, 1.54) is 5.57 Å². The maximum Gasteiger partial charge on any atom is 0.260 e. The fourth-order valence-corrected chi connectivity index (χ4v) is 6.22. The van der Waals surface area contributed by atoms with Crippen LogP contribution in [0.25, 0.3) is 0 Å². The van der Waals surface area contributed by atoms with Crippen LogP contribution < -0.4 is 24.7 Å². The van der Waals surface area contributed by atoms with Crippen LogP contribution in [0.2, 0.25) is 0 Å². The number of aliphatic hydroxyl groups is 1. The predicted molar refractivity (Wildman–Crippen MR) is 177 cm³/mol. The predicted octanol–water partition coefficient (Wildman–Crippen LogP) is 5.57. The topological polar surface area (TPSA) is 131 Å². The molecule has 0 aliphatic carbocycles. The molecule has 0 saturated carbocycles. The summed E-state index contributed by atoms with van der Waals surface area (Å²) in [6.07, 6.45) is 11.6. The lowest BCUT2D eigenvalue weighted by molar-refractivity contribution is 0.0336. The van der Waals surface area contributed by atoms with E-state index in [2.05, 4.69) is 16.9 Å². The number of hydrogen-bond donors (Lipinski definition) is 2. The van der Waals surface area contributed by atoms with Crippen LogP contribution in [0.15, 0.2) is 57.8 Å². The van der Waals surface area contributed by atoms with Gasteiger partial charge >= 0.3 is 0 Å². The van der Waals surface area contributed by atoms with Crippen molar-refractivity contribution in [3.05, 3.63) is 58.9 Å². The molecule has 2 aromatic carbocycles. The Morgan fingerprint density at radius 1 is 0.804 bits per heavy atom. The van der Waals surface area contributed by atoms with Crippen LogP contribution in [0, 0.1) is 0 Å². The van der Waals surface area contributed by atoms with Crippen molar-refractivity contribution in [1.29, 1.82) is 0 Å². The molecule has 3 N–H and O–H groups in total. The number of nitrogens with zero attached hydrogens (tertiary/aromatic N) is 4. The number of fused-ring (bicyclic) bond motifs is 4. The number of aliphatic imine (C=N–C) groups is 2. The van der Waals surface area contributed by atoms with E-state index in [-0.39, 0.29) is 18.0 Å². The third-order valence-corrected chi connectivity index (χ3v) is 8.61. The van der Waals surface area contributed by atoms with Gasteiger partial charge in [-0.3, -0.25) is 14.8 Å². The van der Waals surface area contributed by atoms with Crippen LogP contribution in [0.1, 0.15) is 74.5 Å². The highest BCUT2D eigenvalue weighted by Gasteiger charge is 2.33. The van der Waals surface area contributed by atoms with Crippen molar-refractivity contribution in [2.75, 3.05) is 33.5 Å². The molecule has 11 heteroatoms. The van der Waals surface area contributed by atoms with Gasteiger partial charge in [-0.05, 0) is 71.0 Å². The maximum absolute atomic E-state index is 13.4. The van der Waals surface area contributed by atoms with Gasteiger partial charge in [0.1, 0.15) is 0 Å². The Bertz CT molecular complexity index is 1580. The van der Waals surface area contributed by atoms with Crippen molar-refractivity contribution in [3.63, 3.8) is 0 Å². The Labute approximate surface area is 270 Å². The van der Waals surface area contributed by atoms with Gasteiger partial charge in [-0.25, -0.2) is 0 Å². The molecule has 2 aromatic rings. The summed E-state index contributed by atoms with van der Waals surface area (Å²) >= 11 is 0. The second-order valence-corrected chi connectivity index (χ2v) is 12.2. The molecule has 0 aromatic heterocycles. The van der Waals surface area contributed by atoms with Crippen molar-refractivity contribution in [2.24, 2.45) is 15.7 Å². The molecule has 0 saturated heterocycles. The van der Waals surface area contributed by atoms with Gasteiger partial charge in [0.2, 0.25) is 0 Å². The van der Waals surface area contributed by atoms with Crippen LogP contribution in [0.3, 0.4) is 0 Å². The third kappa shape index (κ3) is 6.61. The van der Waals surface area contributed by atoms with E-state index in [1.54, 1.807) is 24.1 Å². The number of benzene rings is 2. The molecular formula is C35H43N5O6. The van der Waals surface area contributed by atoms with Gasteiger partial charge in [-0.15, -0.1) is 0 Å². The molecule has 46 heavy (non-hydrogen) atoms. The summed E-state index contributed by atoms with van der Waals surface area (Å²) < 4.78 is 23.9. The fraction of sp³-hybridized carbons (Fsp3) is 0.457. The van der Waals surface area contributed by atoms with Crippen LogP contribution in [-0.2, 0) is 0 Å². The van der Waals surface area contributed by atoms with Gasteiger partial charge in [0.25, 0.3) is 5.91 Å². The first-order valence-electron chi connectivity index (χ1n) is 16.1. The molecule has 0 fully saturated rings. The minimum Gasteiger partial charge on any atom is -0.493 e. The SMILES string of the molecule is COc1cc2c(cc1OCCCCCOc1cc3c(cc1OCCCN)C(=O)N1C=C(C)C[C@H]1C=N3)N=C[C@@H]1CC(C)=CN1C2O. The van der Waals surface area contributed by atoms with E-state index in [0.29, 0.717) is 78.3 Å². The summed E-state index contributed by atoms with van der Waals surface area (Å²) in [6.45, 7) is 5.99. The Balaban J connectivity index is 1.04. The summed E-state index contributed by atoms with van der Waals surface area (Å²) in [5, 5.41) is 11.1. The average molecular weight is 630 g/mol. The van der Waals surface area contributed by atoms with Crippen LogP contribution in [0.5, 0.6) is 23.0 Å². The average Bonchev–Trinajstić information content (AvgIpc) is 3.56. The summed E-state index contributed by atoms with van der Waals surface area (Å²) in [5.74, 6) is 2.15. The molecule has 6 rings (SSSR count). The number of carbonyl (C=O) groups is 1. The Hall–Kier alpha value is -4.35. The largest absolute Gasteiger partial charge is 0.493 e. The number of unbranched alkanes of at least 4 members (excludes halogenated alkanes) is 2. The molecular weight excluding hydrogens is 586 g/mol. The van der Waals surface area contributed by atoms with Crippen molar-refractivity contribution in [3.8, 4) is 23.0 Å². The lowest BCUT2D eigenvalue weighted by Gasteiger charge is -2.27. The van der Waals surface area contributed by atoms with Gasteiger partial charge in [-0.1, -0.05) is 11.1 Å². The van der Waals surface area contributed by atoms with Gasteiger partial charge < -0.3 is 39.6 Å². The van der Waals surface area contributed by atoms with E-state index >= 15 is 0 Å². The van der Waals surface area contributed by atoms with Crippen molar-refractivity contribution in [2.45, 2.75) is 70.7 Å². The summed E-state index contributed by atoms with van der Waals surface area (Å²) in [7, 11) is 1.60. The first kappa shape index (κ1) is 31.6. The molecule has 4 aliphatic heterocycles. The zero-order valence-electron chi connectivity index (χ0n) is 26.8. The quantitative estimate of drug-likeness (QED) is 0.275. The molecule has 0 spiro atoms. The monoisotopic (exact) mass is 629 g/mol. The van der Waals surface area contributed by atoms with Gasteiger partial charge in [0.05, 0.1) is 56.0 Å². The highest BCUT2D eigenvalue weighted by Crippen LogP contribution is 2.43. The Morgan fingerprint density at radius 2 is 1.41 bits per heavy atom. The second kappa shape index (κ2) is 14.0. The standard InChI is InChI=1S/C35H43N5O6/c1-22-12-24-18-37-28-16-32(30(43-3)14-26(28)34(41)39(24)20-22)44-9-5-4-6-10-45-33-17-29-27(15-31(33)46-11-7-8-36)35(42)40-21-23(2)13-25(40)19-38-29/h14-21,24-25,34,41H,4-13,36H2,1-3H3/t24-,25-,34?/m0/s1. The number of nitrogens with two attached hydrogens (primary N) is 1. The highest BCUT2D eigenvalue weighted by molar-refractivity contribution is 6.04. The van der Waals surface area contributed by atoms with E-state index in [9.17, 15) is 9.90 Å². The molecule has 0 radical (unpaired) electrons. The van der Waals surface area contributed by atoms with Gasteiger partial charge in [-0.2, -0.15) is 0 Å². The van der Waals surface area contributed by atoms with E-state index < -0.39 is 6.23 Å². The number of hydrogen-bond acceptors (Lipinski definition) is 10. The lowest BCUT2D eigenvalue weighted by atomic mass is 10.1. The summed E-state index contributed by atoms with van der Waals surface area (Å²) in [4.78, 5) is 26.4. The molecule has 3 atom stereocenters. The maximum atomic E-state index is 13.4. The van der Waals surface area contributed by atoms with Crippen molar-refractivity contribution in [1.82, 2.24) is 9.80 Å². The first-order valence-corrected chi connectivity index (χ1v) is 16.1. The summed E-state index contributed by atoms with van der Waals surface area (Å²) in [6, 6.07) is 7.17. The van der Waals surface area contributed by atoms with E-state index in [0.717, 1.165) is 37.7 Å². The molecule has 4 heterocycles. The van der Waals surface area contributed by atoms with E-state index in [1.807, 2.05) is 48.8 Å². The zero-order chi connectivity index (χ0) is 32.2. The van der Waals surface area contributed by atoms with Crippen LogP contribution in [-0.4, -0.2) is 78.8 Å². The minimum atomic E-state index is -0.805. The Morgan fingerprint density at radius 3 is 2.15 bits per heavy atom. The normalized spacial score (nSPS) is 21.1. The molecule has 1 amide bonds. The van der Waals surface area contributed by atoms with E-state index in [4.69, 9.17) is 24.7 Å². The number of carbonyl (C=O) groups excluding carboxylic acids is 1. The van der Waals surface area contributed by atoms with Gasteiger partial charge in [0, 0.05) is 42.5 Å². The van der Waals surface area contributed by atoms with Crippen LogP contribution in [0.4, 0.5) is 11.4 Å². The number of ether oxygens (including phenoxy) is 4. The van der Waals surface area contributed by atoms with Crippen molar-refractivity contribution < 1.29 is 28.8 Å². The fourth-order valence-electron chi connectivity index (χ4n) is 6.22. The molecule has 0 bridgehead atoms. The molecule has 4 aliphatic rings. The number of aliphatic hydroxyl groups excluding tert-OH is 1. The molecule has 11 nitrogen and oxygen atoms in total. The smallest absolute Gasteiger partial charge is 0.260 e.